The predicted molar refractivity (Wildman–Crippen MR) is 107 cm³/mol. The van der Waals surface area contributed by atoms with E-state index in [0.717, 1.165) is 17.5 Å². The van der Waals surface area contributed by atoms with Crippen molar-refractivity contribution in [2.75, 3.05) is 6.54 Å². The van der Waals surface area contributed by atoms with Crippen LogP contribution in [0.25, 0.3) is 0 Å². The van der Waals surface area contributed by atoms with Crippen molar-refractivity contribution in [2.24, 2.45) is 0 Å². The van der Waals surface area contributed by atoms with Gasteiger partial charge in [-0.15, -0.1) is 6.58 Å². The van der Waals surface area contributed by atoms with Gasteiger partial charge in [0, 0.05) is 18.2 Å². The Bertz CT molecular complexity index is 831. The van der Waals surface area contributed by atoms with Crippen LogP contribution in [0.1, 0.15) is 53.7 Å². The monoisotopic (exact) mass is 362 g/mol. The summed E-state index contributed by atoms with van der Waals surface area (Å²) in [5.41, 5.74) is 2.49. The van der Waals surface area contributed by atoms with Crippen LogP contribution in [-0.2, 0) is 4.79 Å². The van der Waals surface area contributed by atoms with Gasteiger partial charge in [-0.1, -0.05) is 61.5 Å². The molecule has 1 heterocycles. The van der Waals surface area contributed by atoms with Gasteiger partial charge in [0.15, 0.2) is 0 Å². The van der Waals surface area contributed by atoms with Crippen LogP contribution in [0, 0.1) is 0 Å². The van der Waals surface area contributed by atoms with Crippen molar-refractivity contribution in [3.05, 3.63) is 83.9 Å². The largest absolute Gasteiger partial charge is 0.349 e. The highest BCUT2D eigenvalue weighted by Crippen LogP contribution is 2.34. The summed E-state index contributed by atoms with van der Waals surface area (Å²) in [7, 11) is 0. The van der Waals surface area contributed by atoms with Gasteiger partial charge >= 0.3 is 0 Å². The number of carbonyl (C=O) groups excluding carboxylic acids is 2. The minimum absolute atomic E-state index is 0.0443. The molecule has 140 valence electrons. The molecule has 3 rings (SSSR count). The number of hydrogen-bond acceptors (Lipinski definition) is 2. The van der Waals surface area contributed by atoms with E-state index in [-0.39, 0.29) is 23.9 Å². The van der Waals surface area contributed by atoms with Crippen LogP contribution >= 0.6 is 0 Å². The van der Waals surface area contributed by atoms with Gasteiger partial charge in [-0.3, -0.25) is 9.59 Å². The van der Waals surface area contributed by atoms with Crippen molar-refractivity contribution in [2.45, 2.75) is 38.3 Å². The number of fused-ring (bicyclic) bond motifs is 1. The third-order valence-corrected chi connectivity index (χ3v) is 5.30. The van der Waals surface area contributed by atoms with Gasteiger partial charge in [-0.05, 0) is 30.5 Å². The van der Waals surface area contributed by atoms with Crippen molar-refractivity contribution < 1.29 is 9.59 Å². The molecule has 1 N–H and O–H groups in total. The Morgan fingerprint density at radius 3 is 2.52 bits per heavy atom. The predicted octanol–water partition coefficient (Wildman–Crippen LogP) is 4.07. The molecular formula is C23H26N2O2. The summed E-state index contributed by atoms with van der Waals surface area (Å²) in [5, 5.41) is 3.20. The first-order chi connectivity index (χ1) is 13.1. The first kappa shape index (κ1) is 18.9. The number of rotatable bonds is 6. The van der Waals surface area contributed by atoms with E-state index < -0.39 is 5.92 Å². The molecule has 0 spiro atoms. The van der Waals surface area contributed by atoms with E-state index in [2.05, 4.69) is 18.8 Å². The molecule has 2 amide bonds. The SMILES string of the molecule is C=CCN1C(=O)c2ccccc2C(C(=O)NC(CC)c2ccccc2)[C@@H]1C. The first-order valence-electron chi connectivity index (χ1n) is 9.44. The summed E-state index contributed by atoms with van der Waals surface area (Å²) in [5.74, 6) is -0.499. The van der Waals surface area contributed by atoms with Crippen molar-refractivity contribution in [1.29, 1.82) is 0 Å². The summed E-state index contributed by atoms with van der Waals surface area (Å²) in [6, 6.07) is 17.1. The van der Waals surface area contributed by atoms with E-state index >= 15 is 0 Å². The molecule has 3 atom stereocenters. The number of nitrogens with zero attached hydrogens (tertiary/aromatic N) is 1. The summed E-state index contributed by atoms with van der Waals surface area (Å²) in [6.07, 6.45) is 2.50. The van der Waals surface area contributed by atoms with E-state index in [4.69, 9.17) is 0 Å². The molecule has 0 aromatic heterocycles. The lowest BCUT2D eigenvalue weighted by molar-refractivity contribution is -0.124. The molecule has 0 saturated carbocycles. The minimum Gasteiger partial charge on any atom is -0.349 e. The summed E-state index contributed by atoms with van der Waals surface area (Å²) >= 11 is 0. The van der Waals surface area contributed by atoms with E-state index in [9.17, 15) is 9.59 Å². The topological polar surface area (TPSA) is 49.4 Å². The molecule has 2 aromatic rings. The van der Waals surface area contributed by atoms with Gasteiger partial charge in [0.1, 0.15) is 0 Å². The molecule has 27 heavy (non-hydrogen) atoms. The average molecular weight is 362 g/mol. The Kier molecular flexibility index (Phi) is 5.75. The second-order valence-electron chi connectivity index (χ2n) is 6.93. The van der Waals surface area contributed by atoms with Gasteiger partial charge in [0.25, 0.3) is 5.91 Å². The summed E-state index contributed by atoms with van der Waals surface area (Å²) in [4.78, 5) is 27.9. The van der Waals surface area contributed by atoms with Crippen LogP contribution in [0.5, 0.6) is 0 Å². The van der Waals surface area contributed by atoms with Gasteiger partial charge in [0.2, 0.25) is 5.91 Å². The maximum Gasteiger partial charge on any atom is 0.254 e. The van der Waals surface area contributed by atoms with Crippen molar-refractivity contribution in [3.63, 3.8) is 0 Å². The standard InChI is InChI=1S/C23H26N2O2/c1-4-15-25-16(3)21(18-13-9-10-14-19(18)23(25)27)22(26)24-20(5-2)17-11-7-6-8-12-17/h4,6-14,16,20-21H,1,5,15H2,2-3H3,(H,24,26)/t16-,20?,21?/m0/s1. The van der Waals surface area contributed by atoms with E-state index in [1.807, 2.05) is 55.5 Å². The molecule has 0 aliphatic carbocycles. The minimum atomic E-state index is -0.406. The molecule has 2 aromatic carbocycles. The molecule has 1 aliphatic heterocycles. The molecule has 4 heteroatoms. The third kappa shape index (κ3) is 3.65. The van der Waals surface area contributed by atoms with Crippen LogP contribution in [0.4, 0.5) is 0 Å². The second-order valence-corrected chi connectivity index (χ2v) is 6.93. The van der Waals surface area contributed by atoms with Gasteiger partial charge < -0.3 is 10.2 Å². The number of benzene rings is 2. The molecule has 0 saturated heterocycles. The maximum absolute atomic E-state index is 13.3. The number of amides is 2. The number of hydrogen-bond donors (Lipinski definition) is 1. The normalized spacial score (nSPS) is 19.9. The fourth-order valence-electron chi connectivity index (χ4n) is 3.86. The molecule has 0 radical (unpaired) electrons. The lowest BCUT2D eigenvalue weighted by atomic mass is 9.82. The quantitative estimate of drug-likeness (QED) is 0.788. The van der Waals surface area contributed by atoms with Crippen molar-refractivity contribution in [3.8, 4) is 0 Å². The molecule has 0 fully saturated rings. The van der Waals surface area contributed by atoms with Crippen molar-refractivity contribution >= 4 is 11.8 Å². The number of carbonyl (C=O) groups is 2. The molecule has 0 bridgehead atoms. The zero-order valence-electron chi connectivity index (χ0n) is 15.9. The second kappa shape index (κ2) is 8.21. The smallest absolute Gasteiger partial charge is 0.254 e. The molecule has 4 nitrogen and oxygen atoms in total. The Labute approximate surface area is 160 Å². The first-order valence-corrected chi connectivity index (χ1v) is 9.44. The van der Waals surface area contributed by atoms with E-state index in [1.54, 1.807) is 17.0 Å². The highest BCUT2D eigenvalue weighted by atomic mass is 16.2. The summed E-state index contributed by atoms with van der Waals surface area (Å²) < 4.78 is 0. The van der Waals surface area contributed by atoms with Gasteiger partial charge in [0.05, 0.1) is 12.0 Å². The molecule has 2 unspecified atom stereocenters. The average Bonchev–Trinajstić information content (AvgIpc) is 2.70. The van der Waals surface area contributed by atoms with Gasteiger partial charge in [-0.25, -0.2) is 0 Å². The van der Waals surface area contributed by atoms with Crippen molar-refractivity contribution in [1.82, 2.24) is 10.2 Å². The lowest BCUT2D eigenvalue weighted by Gasteiger charge is -2.39. The number of nitrogens with one attached hydrogen (secondary N) is 1. The van der Waals surface area contributed by atoms with E-state index in [0.29, 0.717) is 12.1 Å². The highest BCUT2D eigenvalue weighted by molar-refractivity contribution is 6.01. The van der Waals surface area contributed by atoms with Crippen LogP contribution in [0.15, 0.2) is 67.3 Å². The maximum atomic E-state index is 13.3. The van der Waals surface area contributed by atoms with Crippen LogP contribution in [0.2, 0.25) is 0 Å². The zero-order chi connectivity index (χ0) is 19.4. The van der Waals surface area contributed by atoms with Crippen LogP contribution in [-0.4, -0.2) is 29.3 Å². The Hall–Kier alpha value is -2.88. The van der Waals surface area contributed by atoms with Crippen LogP contribution in [0.3, 0.4) is 0 Å². The molecular weight excluding hydrogens is 336 g/mol. The third-order valence-electron chi connectivity index (χ3n) is 5.30. The fourth-order valence-corrected chi connectivity index (χ4v) is 3.86. The Morgan fingerprint density at radius 1 is 1.19 bits per heavy atom. The summed E-state index contributed by atoms with van der Waals surface area (Å²) in [6.45, 7) is 8.18. The highest BCUT2D eigenvalue weighted by Gasteiger charge is 2.40. The fraction of sp³-hybridized carbons (Fsp3) is 0.304. The Morgan fingerprint density at radius 2 is 1.85 bits per heavy atom. The molecule has 1 aliphatic rings. The van der Waals surface area contributed by atoms with Gasteiger partial charge in [-0.2, -0.15) is 0 Å². The lowest BCUT2D eigenvalue weighted by Crippen LogP contribution is -2.51. The van der Waals surface area contributed by atoms with Crippen LogP contribution < -0.4 is 5.32 Å². The Balaban J connectivity index is 1.93. The zero-order valence-corrected chi connectivity index (χ0v) is 15.9. The van der Waals surface area contributed by atoms with E-state index in [1.165, 1.54) is 0 Å².